The maximum absolute atomic E-state index is 13.8. The van der Waals surface area contributed by atoms with E-state index < -0.39 is 30.6 Å². The molecule has 0 aliphatic heterocycles. The molecular formula is C9H13F2N3O4. The number of aromatic nitrogens is 2. The monoisotopic (exact) mass is 265 g/mol. The molecule has 0 saturated heterocycles. The molecule has 1 rings (SSSR count). The Morgan fingerprint density at radius 2 is 2.28 bits per heavy atom. The van der Waals surface area contributed by atoms with Gasteiger partial charge in [0.05, 0.1) is 6.61 Å². The summed E-state index contributed by atoms with van der Waals surface area (Å²) < 4.78 is 32.0. The van der Waals surface area contributed by atoms with Gasteiger partial charge in [-0.15, -0.1) is 0 Å². The molecule has 0 aromatic carbocycles. The molecule has 0 saturated carbocycles. The summed E-state index contributed by atoms with van der Waals surface area (Å²) >= 11 is 0. The molecule has 0 fully saturated rings. The molecule has 1 aromatic rings. The Morgan fingerprint density at radius 1 is 1.67 bits per heavy atom. The Bertz CT molecular complexity index is 461. The first kappa shape index (κ1) is 14.5. The number of aliphatic hydroxyl groups excluding tert-OH is 2. The number of nitrogens with zero attached hydrogens (tertiary/aromatic N) is 2. The lowest BCUT2D eigenvalue weighted by molar-refractivity contribution is -0.216. The van der Waals surface area contributed by atoms with Crippen molar-refractivity contribution in [1.29, 1.82) is 0 Å². The van der Waals surface area contributed by atoms with Gasteiger partial charge in [-0.3, -0.25) is 0 Å². The molecule has 2 atom stereocenters. The van der Waals surface area contributed by atoms with Crippen LogP contribution in [0.4, 0.5) is 14.6 Å². The number of rotatable bonds is 5. The van der Waals surface area contributed by atoms with Gasteiger partial charge in [0.2, 0.25) is 0 Å². The summed E-state index contributed by atoms with van der Waals surface area (Å²) in [6.07, 6.45) is -3.24. The Labute approximate surface area is 100 Å². The van der Waals surface area contributed by atoms with E-state index in [0.29, 0.717) is 6.20 Å². The molecule has 1 aromatic heterocycles. The van der Waals surface area contributed by atoms with Crippen LogP contribution in [0.2, 0.25) is 0 Å². The lowest BCUT2D eigenvalue weighted by Gasteiger charge is -2.28. The van der Waals surface area contributed by atoms with Gasteiger partial charge in [0.25, 0.3) is 0 Å². The summed E-state index contributed by atoms with van der Waals surface area (Å²) in [5, 5.41) is 18.2. The zero-order chi connectivity index (χ0) is 13.9. The largest absolute Gasteiger partial charge is 0.394 e. The Balaban J connectivity index is 3.15. The molecule has 1 heterocycles. The quantitative estimate of drug-likeness (QED) is 0.613. The molecule has 0 spiro atoms. The first-order valence-electron chi connectivity index (χ1n) is 4.89. The number of anilines is 1. The third-order valence-corrected chi connectivity index (χ3v) is 2.34. The van der Waals surface area contributed by atoms with Crippen LogP contribution in [0.1, 0.15) is 0 Å². The normalized spacial score (nSPS) is 15.4. The molecule has 9 heteroatoms. The van der Waals surface area contributed by atoms with E-state index in [1.54, 1.807) is 0 Å². The highest BCUT2D eigenvalue weighted by Gasteiger charge is 2.46. The molecule has 0 radical (unpaired) electrons. The highest BCUT2D eigenvalue weighted by Crippen LogP contribution is 2.26. The van der Waals surface area contributed by atoms with Crippen LogP contribution in [-0.4, -0.2) is 45.7 Å². The smallest absolute Gasteiger partial charge is 0.361 e. The van der Waals surface area contributed by atoms with Crippen molar-refractivity contribution in [3.05, 3.63) is 22.7 Å². The van der Waals surface area contributed by atoms with Crippen molar-refractivity contribution in [1.82, 2.24) is 9.55 Å². The average Bonchev–Trinajstić information content (AvgIpc) is 2.29. The van der Waals surface area contributed by atoms with Gasteiger partial charge in [-0.25, -0.2) is 9.36 Å². The summed E-state index contributed by atoms with van der Waals surface area (Å²) in [6.45, 7) is -0.829. The fourth-order valence-corrected chi connectivity index (χ4v) is 1.31. The zero-order valence-corrected chi connectivity index (χ0v) is 9.46. The molecule has 18 heavy (non-hydrogen) atoms. The van der Waals surface area contributed by atoms with Gasteiger partial charge in [-0.05, 0) is 6.07 Å². The van der Waals surface area contributed by atoms with Crippen LogP contribution in [0, 0.1) is 0 Å². The minimum Gasteiger partial charge on any atom is -0.394 e. The first-order chi connectivity index (χ1) is 8.34. The molecule has 0 unspecified atom stereocenters. The van der Waals surface area contributed by atoms with Gasteiger partial charge in [0.1, 0.15) is 11.9 Å². The molecular weight excluding hydrogens is 252 g/mol. The van der Waals surface area contributed by atoms with Crippen LogP contribution >= 0.6 is 0 Å². The predicted octanol–water partition coefficient (Wildman–Crippen LogP) is -1.26. The van der Waals surface area contributed by atoms with E-state index in [9.17, 15) is 18.7 Å². The third-order valence-electron chi connectivity index (χ3n) is 2.34. The van der Waals surface area contributed by atoms with E-state index in [-0.39, 0.29) is 10.4 Å². The third kappa shape index (κ3) is 2.63. The van der Waals surface area contributed by atoms with Crippen molar-refractivity contribution in [2.24, 2.45) is 0 Å². The summed E-state index contributed by atoms with van der Waals surface area (Å²) in [4.78, 5) is 14.4. The summed E-state index contributed by atoms with van der Waals surface area (Å²) in [5.41, 5.74) is 3.85. The number of nitrogens with two attached hydrogens (primary N) is 1. The number of ether oxygens (including phenoxy) is 1. The van der Waals surface area contributed by atoms with Gasteiger partial charge >= 0.3 is 11.7 Å². The predicted molar refractivity (Wildman–Crippen MR) is 57.0 cm³/mol. The average molecular weight is 265 g/mol. The van der Waals surface area contributed by atoms with E-state index in [1.807, 2.05) is 0 Å². The number of nitrogen functional groups attached to an aromatic ring is 1. The maximum atomic E-state index is 13.8. The number of alkyl halides is 2. The number of halogens is 2. The van der Waals surface area contributed by atoms with Crippen LogP contribution in [0.5, 0.6) is 0 Å². The van der Waals surface area contributed by atoms with E-state index in [0.717, 1.165) is 13.2 Å². The standard InChI is InChI=1S/C9H13F2N3O4/c1-18-5(4-15)7(16)9(10,11)14-3-2-6(12)13-8(14)17/h2-3,5,7,15-16H,4H2,1H3,(H2,12,13,17)/t5-,7-/m1/s1. The van der Waals surface area contributed by atoms with Crippen molar-refractivity contribution in [2.45, 2.75) is 18.3 Å². The van der Waals surface area contributed by atoms with Crippen LogP contribution in [0.25, 0.3) is 0 Å². The molecule has 0 amide bonds. The highest BCUT2D eigenvalue weighted by atomic mass is 19.3. The van der Waals surface area contributed by atoms with E-state index in [4.69, 9.17) is 10.8 Å². The van der Waals surface area contributed by atoms with Crippen LogP contribution < -0.4 is 11.4 Å². The SMILES string of the molecule is CO[C@H](CO)[C@@H](O)C(F)(F)n1ccc(N)nc1=O. The molecule has 0 aliphatic carbocycles. The van der Waals surface area contributed by atoms with Crippen LogP contribution in [-0.2, 0) is 10.8 Å². The lowest BCUT2D eigenvalue weighted by atomic mass is 10.1. The Hall–Kier alpha value is -1.58. The minimum atomic E-state index is -3.98. The fraction of sp³-hybridized carbons (Fsp3) is 0.556. The minimum absolute atomic E-state index is 0.0737. The maximum Gasteiger partial charge on any atom is 0.361 e. The van der Waals surface area contributed by atoms with Gasteiger partial charge in [0.15, 0.2) is 6.10 Å². The Kier molecular flexibility index (Phi) is 4.33. The Morgan fingerprint density at radius 3 is 2.72 bits per heavy atom. The number of hydrogen-bond donors (Lipinski definition) is 3. The zero-order valence-electron chi connectivity index (χ0n) is 9.46. The van der Waals surface area contributed by atoms with E-state index in [2.05, 4.69) is 9.72 Å². The number of methoxy groups -OCH3 is 1. The molecule has 0 aliphatic rings. The van der Waals surface area contributed by atoms with Crippen molar-refractivity contribution in [2.75, 3.05) is 19.5 Å². The van der Waals surface area contributed by atoms with Crippen LogP contribution in [0.15, 0.2) is 17.1 Å². The summed E-state index contributed by atoms with van der Waals surface area (Å²) in [6, 6.07) is -3.00. The summed E-state index contributed by atoms with van der Waals surface area (Å²) in [7, 11) is 1.05. The van der Waals surface area contributed by atoms with E-state index in [1.165, 1.54) is 0 Å². The highest BCUT2D eigenvalue weighted by molar-refractivity contribution is 5.23. The second-order valence-corrected chi connectivity index (χ2v) is 3.49. The van der Waals surface area contributed by atoms with Crippen molar-refractivity contribution < 1.29 is 23.7 Å². The number of aliphatic hydroxyl groups is 2. The molecule has 0 bridgehead atoms. The fourth-order valence-electron chi connectivity index (χ4n) is 1.31. The van der Waals surface area contributed by atoms with Gasteiger partial charge in [0, 0.05) is 13.3 Å². The van der Waals surface area contributed by atoms with Crippen molar-refractivity contribution in [3.8, 4) is 0 Å². The molecule has 7 nitrogen and oxygen atoms in total. The second-order valence-electron chi connectivity index (χ2n) is 3.49. The van der Waals surface area contributed by atoms with E-state index >= 15 is 0 Å². The second kappa shape index (κ2) is 5.38. The lowest BCUT2D eigenvalue weighted by Crippen LogP contribution is -2.50. The molecule has 4 N–H and O–H groups in total. The van der Waals surface area contributed by atoms with Crippen molar-refractivity contribution >= 4 is 5.82 Å². The molecule has 102 valence electrons. The topological polar surface area (TPSA) is 111 Å². The first-order valence-corrected chi connectivity index (χ1v) is 4.89. The summed E-state index contributed by atoms with van der Waals surface area (Å²) in [5.74, 6) is -0.216. The van der Waals surface area contributed by atoms with Gasteiger partial charge in [-0.1, -0.05) is 0 Å². The van der Waals surface area contributed by atoms with Crippen LogP contribution in [0.3, 0.4) is 0 Å². The van der Waals surface area contributed by atoms with Gasteiger partial charge in [-0.2, -0.15) is 13.8 Å². The number of hydrogen-bond acceptors (Lipinski definition) is 6. The van der Waals surface area contributed by atoms with Crippen molar-refractivity contribution in [3.63, 3.8) is 0 Å². The van der Waals surface area contributed by atoms with Gasteiger partial charge < -0.3 is 20.7 Å².